The maximum atomic E-state index is 12.4. The highest BCUT2D eigenvalue weighted by atomic mass is 79.9. The van der Waals surface area contributed by atoms with Crippen molar-refractivity contribution in [3.63, 3.8) is 0 Å². The summed E-state index contributed by atoms with van der Waals surface area (Å²) in [5, 5.41) is 0. The topological polar surface area (TPSA) is 72.2 Å². The van der Waals surface area contributed by atoms with E-state index in [4.69, 9.17) is 5.73 Å². The zero-order valence-corrected chi connectivity index (χ0v) is 14.0. The molecule has 0 heterocycles. The van der Waals surface area contributed by atoms with Crippen LogP contribution in [0.3, 0.4) is 0 Å². The molecule has 0 spiro atoms. The molecule has 2 aromatic carbocycles. The molecule has 0 radical (unpaired) electrons. The van der Waals surface area contributed by atoms with Crippen molar-refractivity contribution in [3.8, 4) is 0 Å². The van der Waals surface area contributed by atoms with Gasteiger partial charge in [-0.05, 0) is 71.2 Å². The molecule has 3 N–H and O–H groups in total. The second-order valence-electron chi connectivity index (χ2n) is 4.77. The molecule has 2 rings (SSSR count). The van der Waals surface area contributed by atoms with Gasteiger partial charge >= 0.3 is 0 Å². The lowest BCUT2D eigenvalue weighted by atomic mass is 10.2. The van der Waals surface area contributed by atoms with Gasteiger partial charge in [0.2, 0.25) is 0 Å². The van der Waals surface area contributed by atoms with Crippen molar-refractivity contribution in [2.45, 2.75) is 18.2 Å². The van der Waals surface area contributed by atoms with Gasteiger partial charge in [0, 0.05) is 4.47 Å². The summed E-state index contributed by atoms with van der Waals surface area (Å²) in [6.45, 7) is 2.49. The summed E-state index contributed by atoms with van der Waals surface area (Å²) < 4.78 is 28.0. The minimum Gasteiger partial charge on any atom is -0.330 e. The van der Waals surface area contributed by atoms with Crippen molar-refractivity contribution in [1.82, 2.24) is 0 Å². The molecule has 0 saturated carbocycles. The van der Waals surface area contributed by atoms with E-state index >= 15 is 0 Å². The fourth-order valence-corrected chi connectivity index (χ4v) is 3.71. The van der Waals surface area contributed by atoms with E-state index in [1.807, 2.05) is 19.1 Å². The Labute approximate surface area is 133 Å². The average Bonchev–Trinajstić information content (AvgIpc) is 2.43. The molecule has 0 unspecified atom stereocenters. The van der Waals surface area contributed by atoms with E-state index in [0.29, 0.717) is 16.7 Å². The van der Waals surface area contributed by atoms with Crippen LogP contribution in [0.25, 0.3) is 0 Å². The first-order valence-electron chi connectivity index (χ1n) is 6.50. The molecule has 0 saturated heterocycles. The number of hydrogen-bond donors (Lipinski definition) is 2. The molecular weight excluding hydrogens is 352 g/mol. The highest BCUT2D eigenvalue weighted by molar-refractivity contribution is 9.10. The largest absolute Gasteiger partial charge is 0.330 e. The maximum absolute atomic E-state index is 12.4. The van der Waals surface area contributed by atoms with Crippen molar-refractivity contribution < 1.29 is 8.42 Å². The molecule has 0 aliphatic carbocycles. The first kappa shape index (κ1) is 16.0. The first-order chi connectivity index (χ1) is 9.92. The van der Waals surface area contributed by atoms with Crippen LogP contribution in [-0.4, -0.2) is 15.0 Å². The minimum atomic E-state index is -3.59. The molecule has 0 bridgehead atoms. The van der Waals surface area contributed by atoms with Crippen LogP contribution in [0.15, 0.2) is 51.8 Å². The number of aryl methyl sites for hydroxylation is 1. The molecule has 4 nitrogen and oxygen atoms in total. The normalized spacial score (nSPS) is 11.4. The molecule has 0 amide bonds. The Morgan fingerprint density at radius 2 is 1.81 bits per heavy atom. The van der Waals surface area contributed by atoms with Gasteiger partial charge in [-0.15, -0.1) is 0 Å². The summed E-state index contributed by atoms with van der Waals surface area (Å²) in [4.78, 5) is 0.232. The van der Waals surface area contributed by atoms with Gasteiger partial charge in [-0.3, -0.25) is 4.72 Å². The predicted octanol–water partition coefficient (Wildman–Crippen LogP) is 3.06. The third kappa shape index (κ3) is 4.06. The lowest BCUT2D eigenvalue weighted by Crippen LogP contribution is -2.13. The lowest BCUT2D eigenvalue weighted by molar-refractivity contribution is 0.601. The van der Waals surface area contributed by atoms with E-state index in [-0.39, 0.29) is 4.90 Å². The number of benzene rings is 2. The zero-order valence-electron chi connectivity index (χ0n) is 11.6. The molecule has 0 fully saturated rings. The number of rotatable bonds is 5. The molecule has 6 heteroatoms. The van der Waals surface area contributed by atoms with Crippen molar-refractivity contribution in [2.75, 3.05) is 11.3 Å². The number of nitrogens with two attached hydrogens (primary N) is 1. The molecule has 2 aromatic rings. The molecule has 112 valence electrons. The van der Waals surface area contributed by atoms with E-state index in [9.17, 15) is 8.42 Å². The van der Waals surface area contributed by atoms with Crippen LogP contribution in [0.1, 0.15) is 11.1 Å². The van der Waals surface area contributed by atoms with Crippen LogP contribution in [0, 0.1) is 6.92 Å². The standard InChI is InChI=1S/C15H17BrN2O2S/c1-11-2-7-15(14(16)10-11)18-21(19,20)13-5-3-12(4-6-13)8-9-17/h2-7,10,18H,8-9,17H2,1H3. The van der Waals surface area contributed by atoms with Crippen LogP contribution in [0.2, 0.25) is 0 Å². The van der Waals surface area contributed by atoms with Gasteiger partial charge in [0.05, 0.1) is 10.6 Å². The Morgan fingerprint density at radius 3 is 2.38 bits per heavy atom. The second kappa shape index (κ2) is 6.60. The van der Waals surface area contributed by atoms with Crippen LogP contribution in [0.4, 0.5) is 5.69 Å². The summed E-state index contributed by atoms with van der Waals surface area (Å²) in [7, 11) is -3.59. The monoisotopic (exact) mass is 368 g/mol. The third-order valence-corrected chi connectivity index (χ3v) is 5.07. The van der Waals surface area contributed by atoms with E-state index < -0.39 is 10.0 Å². The van der Waals surface area contributed by atoms with Gasteiger partial charge in [0.15, 0.2) is 0 Å². The van der Waals surface area contributed by atoms with Gasteiger partial charge in [-0.1, -0.05) is 18.2 Å². The van der Waals surface area contributed by atoms with Crippen molar-refractivity contribution in [3.05, 3.63) is 58.1 Å². The zero-order chi connectivity index (χ0) is 15.5. The summed E-state index contributed by atoms with van der Waals surface area (Å²) >= 11 is 3.36. The van der Waals surface area contributed by atoms with Crippen molar-refractivity contribution in [2.24, 2.45) is 5.73 Å². The Morgan fingerprint density at radius 1 is 1.14 bits per heavy atom. The molecule has 0 aliphatic heterocycles. The van der Waals surface area contributed by atoms with Gasteiger partial charge in [0.1, 0.15) is 0 Å². The first-order valence-corrected chi connectivity index (χ1v) is 8.78. The fraction of sp³-hybridized carbons (Fsp3) is 0.200. The van der Waals surface area contributed by atoms with Crippen molar-refractivity contribution >= 4 is 31.6 Å². The number of sulfonamides is 1. The molecule has 0 aliphatic rings. The predicted molar refractivity (Wildman–Crippen MR) is 88.9 cm³/mol. The molecular formula is C15H17BrN2O2S. The summed E-state index contributed by atoms with van der Waals surface area (Å²) in [5.41, 5.74) is 8.07. The van der Waals surface area contributed by atoms with Crippen LogP contribution < -0.4 is 10.5 Å². The van der Waals surface area contributed by atoms with E-state index in [0.717, 1.165) is 17.5 Å². The van der Waals surface area contributed by atoms with Gasteiger partial charge in [0.25, 0.3) is 10.0 Å². The van der Waals surface area contributed by atoms with Gasteiger partial charge in [-0.25, -0.2) is 8.42 Å². The van der Waals surface area contributed by atoms with Gasteiger partial charge in [-0.2, -0.15) is 0 Å². The summed E-state index contributed by atoms with van der Waals surface area (Å²) in [6.07, 6.45) is 0.733. The highest BCUT2D eigenvalue weighted by Crippen LogP contribution is 2.26. The Bertz CT molecular complexity index is 728. The quantitative estimate of drug-likeness (QED) is 0.851. The van der Waals surface area contributed by atoms with Crippen LogP contribution in [0.5, 0.6) is 0 Å². The Hall–Kier alpha value is -1.37. The average molecular weight is 369 g/mol. The summed E-state index contributed by atoms with van der Waals surface area (Å²) in [6, 6.07) is 12.2. The highest BCUT2D eigenvalue weighted by Gasteiger charge is 2.15. The Balaban J connectivity index is 2.25. The third-order valence-electron chi connectivity index (χ3n) is 3.04. The van der Waals surface area contributed by atoms with Crippen LogP contribution >= 0.6 is 15.9 Å². The van der Waals surface area contributed by atoms with E-state index in [1.54, 1.807) is 30.3 Å². The number of halogens is 1. The van der Waals surface area contributed by atoms with E-state index in [1.165, 1.54) is 0 Å². The molecule has 0 atom stereocenters. The number of hydrogen-bond acceptors (Lipinski definition) is 3. The number of anilines is 1. The minimum absolute atomic E-state index is 0.232. The van der Waals surface area contributed by atoms with Gasteiger partial charge < -0.3 is 5.73 Å². The molecule has 0 aromatic heterocycles. The maximum Gasteiger partial charge on any atom is 0.261 e. The van der Waals surface area contributed by atoms with Crippen LogP contribution in [-0.2, 0) is 16.4 Å². The SMILES string of the molecule is Cc1ccc(NS(=O)(=O)c2ccc(CCN)cc2)c(Br)c1. The summed E-state index contributed by atoms with van der Waals surface area (Å²) in [5.74, 6) is 0. The Kier molecular flexibility index (Phi) is 5.03. The lowest BCUT2D eigenvalue weighted by Gasteiger charge is -2.11. The second-order valence-corrected chi connectivity index (χ2v) is 7.31. The van der Waals surface area contributed by atoms with E-state index in [2.05, 4.69) is 20.7 Å². The molecule has 21 heavy (non-hydrogen) atoms. The number of nitrogens with one attached hydrogen (secondary N) is 1. The van der Waals surface area contributed by atoms with Crippen molar-refractivity contribution in [1.29, 1.82) is 0 Å². The smallest absolute Gasteiger partial charge is 0.261 e. The fourth-order valence-electron chi connectivity index (χ4n) is 1.91.